The number of aromatic nitrogens is 2. The van der Waals surface area contributed by atoms with Crippen molar-refractivity contribution in [2.45, 2.75) is 31.0 Å². The highest BCUT2D eigenvalue weighted by atomic mass is 16.7. The number of nitriles is 1. The van der Waals surface area contributed by atoms with Crippen LogP contribution >= 0.6 is 0 Å². The van der Waals surface area contributed by atoms with Crippen molar-refractivity contribution in [2.24, 2.45) is 0 Å². The molecule has 0 unspecified atom stereocenters. The number of nitrogens with zero attached hydrogens (tertiary/aromatic N) is 2. The van der Waals surface area contributed by atoms with E-state index in [2.05, 4.69) is 4.98 Å². The molecule has 1 aromatic heterocycles. The summed E-state index contributed by atoms with van der Waals surface area (Å²) in [5.41, 5.74) is -1.31. The maximum atomic E-state index is 11.9. The van der Waals surface area contributed by atoms with E-state index in [1.807, 2.05) is 6.07 Å². The number of rotatable bonds is 9. The molecule has 4 atom stereocenters. The number of aliphatic hydroxyl groups excluding tert-OH is 2. The lowest BCUT2D eigenvalue weighted by Gasteiger charge is -2.22. The third-order valence-corrected chi connectivity index (χ3v) is 3.49. The second-order valence-electron chi connectivity index (χ2n) is 5.14. The molecule has 1 aromatic rings. The van der Waals surface area contributed by atoms with Crippen molar-refractivity contribution in [2.75, 3.05) is 26.8 Å². The molecule has 0 radical (unpaired) electrons. The maximum Gasteiger partial charge on any atom is 0.330 e. The predicted octanol–water partition coefficient (Wildman–Crippen LogP) is -1.97. The molecular weight excluding hydrogens is 338 g/mol. The van der Waals surface area contributed by atoms with E-state index in [1.54, 1.807) is 0 Å². The minimum Gasteiger partial charge on any atom is -0.394 e. The van der Waals surface area contributed by atoms with Gasteiger partial charge in [-0.3, -0.25) is 14.3 Å². The molecule has 11 heteroatoms. The van der Waals surface area contributed by atoms with Gasteiger partial charge in [0.25, 0.3) is 5.56 Å². The fourth-order valence-electron chi connectivity index (χ4n) is 2.30. The maximum absolute atomic E-state index is 11.9. The zero-order valence-electron chi connectivity index (χ0n) is 13.2. The van der Waals surface area contributed by atoms with Crippen molar-refractivity contribution in [1.29, 1.82) is 5.26 Å². The van der Waals surface area contributed by atoms with E-state index in [4.69, 9.17) is 24.2 Å². The predicted molar refractivity (Wildman–Crippen MR) is 80.2 cm³/mol. The van der Waals surface area contributed by atoms with E-state index in [0.717, 1.165) is 10.6 Å². The van der Waals surface area contributed by atoms with Crippen LogP contribution in [0.2, 0.25) is 0 Å². The van der Waals surface area contributed by atoms with Crippen molar-refractivity contribution in [3.8, 4) is 6.07 Å². The summed E-state index contributed by atoms with van der Waals surface area (Å²) in [5.74, 6) is 0. The van der Waals surface area contributed by atoms with Crippen molar-refractivity contribution in [1.82, 2.24) is 9.55 Å². The Morgan fingerprint density at radius 1 is 1.36 bits per heavy atom. The lowest BCUT2D eigenvalue weighted by atomic mass is 10.1. The van der Waals surface area contributed by atoms with Crippen LogP contribution in [0.25, 0.3) is 0 Å². The van der Waals surface area contributed by atoms with Gasteiger partial charge in [0.1, 0.15) is 31.9 Å². The topological polar surface area (TPSA) is 156 Å². The van der Waals surface area contributed by atoms with Crippen LogP contribution in [-0.2, 0) is 18.9 Å². The summed E-state index contributed by atoms with van der Waals surface area (Å²) in [6, 6.07) is 3.04. The molecule has 1 aliphatic rings. The van der Waals surface area contributed by atoms with Gasteiger partial charge in [0.05, 0.1) is 25.7 Å². The molecule has 138 valence electrons. The molecule has 2 rings (SSSR count). The molecule has 0 spiro atoms. The number of aromatic amines is 1. The highest BCUT2D eigenvalue weighted by Gasteiger charge is 2.45. The molecule has 0 amide bonds. The highest BCUT2D eigenvalue weighted by Crippen LogP contribution is 2.30. The molecule has 25 heavy (non-hydrogen) atoms. The largest absolute Gasteiger partial charge is 0.394 e. The van der Waals surface area contributed by atoms with Gasteiger partial charge in [0.2, 0.25) is 0 Å². The number of aliphatic hydroxyl groups is 2. The van der Waals surface area contributed by atoms with E-state index in [-0.39, 0.29) is 26.6 Å². The Labute approximate surface area is 141 Å². The van der Waals surface area contributed by atoms with Crippen LogP contribution in [0.5, 0.6) is 0 Å². The van der Waals surface area contributed by atoms with Gasteiger partial charge in [-0.1, -0.05) is 0 Å². The molecule has 1 fully saturated rings. The zero-order valence-corrected chi connectivity index (χ0v) is 13.2. The second-order valence-corrected chi connectivity index (χ2v) is 5.14. The van der Waals surface area contributed by atoms with Gasteiger partial charge in [-0.05, 0) is 0 Å². The van der Waals surface area contributed by atoms with E-state index in [9.17, 15) is 19.8 Å². The van der Waals surface area contributed by atoms with Crippen LogP contribution in [0, 0.1) is 11.3 Å². The summed E-state index contributed by atoms with van der Waals surface area (Å²) < 4.78 is 22.0. The summed E-state index contributed by atoms with van der Waals surface area (Å²) in [4.78, 5) is 25.1. The lowest BCUT2D eigenvalue weighted by Crippen LogP contribution is -2.39. The third-order valence-electron chi connectivity index (χ3n) is 3.49. The summed E-state index contributed by atoms with van der Waals surface area (Å²) >= 11 is 0. The Bertz CT molecular complexity index is 696. The molecule has 0 aromatic carbocycles. The quantitative estimate of drug-likeness (QED) is 0.337. The monoisotopic (exact) mass is 357 g/mol. The van der Waals surface area contributed by atoms with Crippen LogP contribution in [-0.4, -0.2) is 64.9 Å². The second kappa shape index (κ2) is 9.42. The van der Waals surface area contributed by atoms with Crippen molar-refractivity contribution < 1.29 is 29.2 Å². The molecule has 0 saturated carbocycles. The average molecular weight is 357 g/mol. The van der Waals surface area contributed by atoms with Crippen LogP contribution in [0.1, 0.15) is 12.6 Å². The van der Waals surface area contributed by atoms with Gasteiger partial charge in [-0.25, -0.2) is 4.79 Å². The van der Waals surface area contributed by atoms with E-state index in [1.165, 1.54) is 6.20 Å². The molecule has 0 bridgehead atoms. The first-order chi connectivity index (χ1) is 12.1. The number of hydrogen-bond donors (Lipinski definition) is 3. The number of ether oxygens (including phenoxy) is 4. The molecule has 1 saturated heterocycles. The Hall–Kier alpha value is -2.07. The van der Waals surface area contributed by atoms with E-state index in [0.29, 0.717) is 0 Å². The normalized spacial score (nSPS) is 25.8. The van der Waals surface area contributed by atoms with Crippen molar-refractivity contribution in [3.63, 3.8) is 0 Å². The number of H-pyrrole nitrogens is 1. The minimum atomic E-state index is -1.21. The Morgan fingerprint density at radius 2 is 2.16 bits per heavy atom. The van der Waals surface area contributed by atoms with Gasteiger partial charge < -0.3 is 29.2 Å². The summed E-state index contributed by atoms with van der Waals surface area (Å²) in [6.07, 6.45) is -2.80. The fraction of sp³-hybridized carbons (Fsp3) is 0.643. The average Bonchev–Trinajstić information content (AvgIpc) is 2.90. The summed E-state index contributed by atoms with van der Waals surface area (Å²) in [7, 11) is 0. The van der Waals surface area contributed by atoms with Crippen molar-refractivity contribution in [3.05, 3.63) is 33.1 Å². The minimum absolute atomic E-state index is 0.113. The number of hydrogen-bond acceptors (Lipinski definition) is 9. The van der Waals surface area contributed by atoms with Gasteiger partial charge in [-0.2, -0.15) is 5.26 Å². The molecule has 2 heterocycles. The third kappa shape index (κ3) is 4.95. The smallest absolute Gasteiger partial charge is 0.330 e. The fourth-order valence-corrected chi connectivity index (χ4v) is 2.30. The lowest BCUT2D eigenvalue weighted by molar-refractivity contribution is -0.175. The number of nitrogens with one attached hydrogen (secondary N) is 1. The standard InChI is InChI=1S/C14H19N3O8/c15-3-1-5-22-7-23-8-24-12-11(20)9(6-18)25-13(12)17-4-2-10(19)16-14(17)21/h2,4,9,11-13,18,20H,1,5-8H2,(H,16,19,21)/t9-,11-,12-,13-/m1/s1. The van der Waals surface area contributed by atoms with Crippen LogP contribution in [0.15, 0.2) is 21.9 Å². The van der Waals surface area contributed by atoms with E-state index < -0.39 is 42.4 Å². The van der Waals surface area contributed by atoms with Gasteiger partial charge in [0, 0.05) is 12.3 Å². The molecule has 1 aliphatic heterocycles. The first-order valence-electron chi connectivity index (χ1n) is 7.48. The SMILES string of the molecule is N#CCCOCOCO[C@@H]1[C@H](O)[C@@H](CO)O[C@H]1n1ccc(=O)[nH]c1=O. The van der Waals surface area contributed by atoms with Crippen LogP contribution in [0.3, 0.4) is 0 Å². The highest BCUT2D eigenvalue weighted by molar-refractivity contribution is 4.93. The van der Waals surface area contributed by atoms with Gasteiger partial charge >= 0.3 is 5.69 Å². The summed E-state index contributed by atoms with van der Waals surface area (Å²) in [6.45, 7) is -0.649. The summed E-state index contributed by atoms with van der Waals surface area (Å²) in [5, 5.41) is 27.8. The Balaban J connectivity index is 1.98. The van der Waals surface area contributed by atoms with E-state index >= 15 is 0 Å². The Kier molecular flexibility index (Phi) is 7.26. The Morgan fingerprint density at radius 3 is 2.84 bits per heavy atom. The van der Waals surface area contributed by atoms with Gasteiger partial charge in [-0.15, -0.1) is 0 Å². The van der Waals surface area contributed by atoms with Crippen molar-refractivity contribution >= 4 is 0 Å². The zero-order chi connectivity index (χ0) is 18.2. The first-order valence-corrected chi connectivity index (χ1v) is 7.48. The molecular formula is C14H19N3O8. The molecule has 11 nitrogen and oxygen atoms in total. The molecule has 3 N–H and O–H groups in total. The molecule has 0 aliphatic carbocycles. The van der Waals surface area contributed by atoms with Gasteiger partial charge in [0.15, 0.2) is 6.23 Å². The first kappa shape index (κ1) is 19.3. The van der Waals surface area contributed by atoms with Crippen LogP contribution in [0.4, 0.5) is 0 Å². The van der Waals surface area contributed by atoms with Crippen LogP contribution < -0.4 is 11.2 Å².